The van der Waals surface area contributed by atoms with E-state index < -0.39 is 0 Å². The van der Waals surface area contributed by atoms with Gasteiger partial charge >= 0.3 is 0 Å². The van der Waals surface area contributed by atoms with E-state index in [-0.39, 0.29) is 0 Å². The van der Waals surface area contributed by atoms with E-state index in [1.165, 1.54) is 154 Å². The highest BCUT2D eigenvalue weighted by Crippen LogP contribution is 2.27. The molecule has 192 valence electrons. The zero-order valence-corrected chi connectivity index (χ0v) is 23.1. The monoisotopic (exact) mass is 449 g/mol. The summed E-state index contributed by atoms with van der Waals surface area (Å²) in [5.41, 5.74) is 0. The number of hydrogen-bond donors (Lipinski definition) is 0. The van der Waals surface area contributed by atoms with E-state index >= 15 is 0 Å². The Kier molecular flexibility index (Phi) is 20.1. The van der Waals surface area contributed by atoms with Crippen molar-refractivity contribution >= 4 is 0 Å². The maximum Gasteiger partial charge on any atom is 0.000966 e. The third-order valence-electron chi connectivity index (χ3n) is 8.27. The van der Waals surface area contributed by atoms with Crippen molar-refractivity contribution in [1.29, 1.82) is 0 Å². The molecule has 1 heteroatoms. The number of hydrogen-bond acceptors (Lipinski definition) is 1. The summed E-state index contributed by atoms with van der Waals surface area (Å²) in [6, 6.07) is 0. The van der Waals surface area contributed by atoms with Gasteiger partial charge < -0.3 is 4.90 Å². The fourth-order valence-electron chi connectivity index (χ4n) is 5.86. The van der Waals surface area contributed by atoms with Crippen molar-refractivity contribution in [2.24, 2.45) is 17.8 Å². The minimum Gasteiger partial charge on any atom is -0.303 e. The Morgan fingerprint density at radius 1 is 0.594 bits per heavy atom. The summed E-state index contributed by atoms with van der Waals surface area (Å²) < 4.78 is 0. The van der Waals surface area contributed by atoms with Crippen molar-refractivity contribution in [2.45, 2.75) is 163 Å². The van der Waals surface area contributed by atoms with Crippen molar-refractivity contribution in [2.75, 3.05) is 19.6 Å². The van der Waals surface area contributed by atoms with Gasteiger partial charge in [-0.25, -0.2) is 0 Å². The largest absolute Gasteiger partial charge is 0.303 e. The predicted octanol–water partition coefficient (Wildman–Crippen LogP) is 10.4. The van der Waals surface area contributed by atoms with Gasteiger partial charge in [-0.2, -0.15) is 0 Å². The van der Waals surface area contributed by atoms with Crippen LogP contribution in [0.4, 0.5) is 0 Å². The van der Waals surface area contributed by atoms with E-state index in [0.29, 0.717) is 0 Å². The Morgan fingerprint density at radius 3 is 1.66 bits per heavy atom. The molecule has 0 saturated carbocycles. The maximum absolute atomic E-state index is 2.85. The van der Waals surface area contributed by atoms with Crippen LogP contribution in [0, 0.1) is 17.8 Å². The van der Waals surface area contributed by atoms with Crippen molar-refractivity contribution in [3.8, 4) is 0 Å². The standard InChI is InChI=1S/C31H63N/c1-5-8-11-13-16-23-31(22-15-12-9-6-2)28-32-26-24-30(25-27-32)21-18-17-20-29(4)19-14-10-7-3/h29-31H,5-28H2,1-4H3. The SMILES string of the molecule is CCCCCCCC(CCCCCC)CN1CCC(CCCCC(C)CCCCC)CC1. The lowest BCUT2D eigenvalue weighted by atomic mass is 9.88. The molecule has 2 unspecified atom stereocenters. The van der Waals surface area contributed by atoms with Crippen LogP contribution in [-0.4, -0.2) is 24.5 Å². The van der Waals surface area contributed by atoms with Crippen LogP contribution in [0.3, 0.4) is 0 Å². The summed E-state index contributed by atoms with van der Waals surface area (Å²) in [4.78, 5) is 2.85. The molecular formula is C31H63N. The highest BCUT2D eigenvalue weighted by Gasteiger charge is 2.21. The summed E-state index contributed by atoms with van der Waals surface area (Å²) in [6.45, 7) is 13.6. The molecule has 1 aliphatic heterocycles. The van der Waals surface area contributed by atoms with Crippen LogP contribution in [0.25, 0.3) is 0 Å². The summed E-state index contributed by atoms with van der Waals surface area (Å²) in [5, 5.41) is 0. The molecule has 0 spiro atoms. The number of nitrogens with zero attached hydrogens (tertiary/aromatic N) is 1. The minimum atomic E-state index is 0.958. The molecule has 0 aliphatic carbocycles. The molecule has 0 aromatic heterocycles. The Labute approximate surface area is 204 Å². The van der Waals surface area contributed by atoms with Crippen LogP contribution < -0.4 is 0 Å². The van der Waals surface area contributed by atoms with E-state index in [9.17, 15) is 0 Å². The highest BCUT2D eigenvalue weighted by atomic mass is 15.1. The van der Waals surface area contributed by atoms with Crippen LogP contribution in [0.15, 0.2) is 0 Å². The van der Waals surface area contributed by atoms with Gasteiger partial charge in [0.2, 0.25) is 0 Å². The van der Waals surface area contributed by atoms with E-state index in [0.717, 1.165) is 17.8 Å². The fourth-order valence-corrected chi connectivity index (χ4v) is 5.86. The lowest BCUT2D eigenvalue weighted by molar-refractivity contribution is 0.146. The molecule has 1 rings (SSSR count). The van der Waals surface area contributed by atoms with Crippen LogP contribution in [0.5, 0.6) is 0 Å². The fraction of sp³-hybridized carbons (Fsp3) is 1.00. The molecule has 1 saturated heterocycles. The summed E-state index contributed by atoms with van der Waals surface area (Å²) in [6.07, 6.45) is 30.5. The minimum absolute atomic E-state index is 0.958. The third-order valence-corrected chi connectivity index (χ3v) is 8.27. The van der Waals surface area contributed by atoms with E-state index in [2.05, 4.69) is 32.6 Å². The first-order valence-electron chi connectivity index (χ1n) is 15.4. The van der Waals surface area contributed by atoms with Crippen LogP contribution in [0.2, 0.25) is 0 Å². The van der Waals surface area contributed by atoms with Gasteiger partial charge in [0.05, 0.1) is 0 Å². The second-order valence-corrected chi connectivity index (χ2v) is 11.5. The second kappa shape index (κ2) is 21.5. The first-order chi connectivity index (χ1) is 15.7. The van der Waals surface area contributed by atoms with Gasteiger partial charge in [-0.1, -0.05) is 137 Å². The summed E-state index contributed by atoms with van der Waals surface area (Å²) >= 11 is 0. The molecule has 0 amide bonds. The Morgan fingerprint density at radius 2 is 1.06 bits per heavy atom. The van der Waals surface area contributed by atoms with Gasteiger partial charge in [0.15, 0.2) is 0 Å². The normalized spacial score (nSPS) is 17.6. The lowest BCUT2D eigenvalue weighted by Gasteiger charge is -2.34. The highest BCUT2D eigenvalue weighted by molar-refractivity contribution is 4.75. The summed E-state index contributed by atoms with van der Waals surface area (Å²) in [7, 11) is 0. The molecule has 0 N–H and O–H groups in total. The summed E-state index contributed by atoms with van der Waals surface area (Å²) in [5.74, 6) is 2.96. The lowest BCUT2D eigenvalue weighted by Crippen LogP contribution is -2.37. The van der Waals surface area contributed by atoms with Gasteiger partial charge in [0, 0.05) is 6.54 Å². The van der Waals surface area contributed by atoms with Crippen LogP contribution in [0.1, 0.15) is 163 Å². The first kappa shape index (κ1) is 30.0. The predicted molar refractivity (Wildman–Crippen MR) is 147 cm³/mol. The van der Waals surface area contributed by atoms with Gasteiger partial charge in [-0.15, -0.1) is 0 Å². The molecule has 2 atom stereocenters. The molecule has 1 nitrogen and oxygen atoms in total. The Bertz CT molecular complexity index is 371. The van der Waals surface area contributed by atoms with Gasteiger partial charge in [0.25, 0.3) is 0 Å². The molecule has 0 aromatic rings. The average molecular weight is 450 g/mol. The number of likely N-dealkylation sites (tertiary alicyclic amines) is 1. The van der Waals surface area contributed by atoms with Crippen LogP contribution in [-0.2, 0) is 0 Å². The smallest absolute Gasteiger partial charge is 0.000966 e. The molecule has 0 radical (unpaired) electrons. The molecular weight excluding hydrogens is 386 g/mol. The molecule has 1 heterocycles. The van der Waals surface area contributed by atoms with Crippen molar-refractivity contribution < 1.29 is 0 Å². The second-order valence-electron chi connectivity index (χ2n) is 11.5. The third kappa shape index (κ3) is 16.6. The topological polar surface area (TPSA) is 3.24 Å². The van der Waals surface area contributed by atoms with Crippen molar-refractivity contribution in [3.63, 3.8) is 0 Å². The molecule has 1 fully saturated rings. The van der Waals surface area contributed by atoms with E-state index in [1.54, 1.807) is 0 Å². The van der Waals surface area contributed by atoms with Gasteiger partial charge in [-0.05, 0) is 56.5 Å². The Hall–Kier alpha value is -0.0400. The van der Waals surface area contributed by atoms with E-state index in [4.69, 9.17) is 0 Å². The van der Waals surface area contributed by atoms with Crippen molar-refractivity contribution in [1.82, 2.24) is 4.90 Å². The van der Waals surface area contributed by atoms with E-state index in [1.807, 2.05) is 0 Å². The zero-order valence-electron chi connectivity index (χ0n) is 23.1. The number of piperidine rings is 1. The average Bonchev–Trinajstić information content (AvgIpc) is 2.80. The number of unbranched alkanes of at least 4 members (excludes halogenated alkanes) is 10. The maximum atomic E-state index is 2.85. The van der Waals surface area contributed by atoms with Crippen LogP contribution >= 0.6 is 0 Å². The number of rotatable bonds is 22. The van der Waals surface area contributed by atoms with Gasteiger partial charge in [0.1, 0.15) is 0 Å². The van der Waals surface area contributed by atoms with Gasteiger partial charge in [-0.3, -0.25) is 0 Å². The first-order valence-corrected chi connectivity index (χ1v) is 15.4. The quantitative estimate of drug-likeness (QED) is 0.148. The molecule has 0 bridgehead atoms. The Balaban J connectivity index is 2.18. The molecule has 1 aliphatic rings. The molecule has 0 aromatic carbocycles. The van der Waals surface area contributed by atoms with Crippen molar-refractivity contribution in [3.05, 3.63) is 0 Å². The zero-order chi connectivity index (χ0) is 23.3. The molecule has 32 heavy (non-hydrogen) atoms.